The van der Waals surface area contributed by atoms with E-state index in [0.29, 0.717) is 23.6 Å². The number of carbonyl (C=O) groups excluding carboxylic acids is 1. The van der Waals surface area contributed by atoms with Crippen molar-refractivity contribution in [3.8, 4) is 11.6 Å². The first-order valence-corrected chi connectivity index (χ1v) is 8.52. The Kier molecular flexibility index (Phi) is 5.57. The van der Waals surface area contributed by atoms with E-state index in [9.17, 15) is 18.0 Å². The Balaban J connectivity index is 1.77. The number of benzene rings is 1. The molecule has 0 atom stereocenters. The summed E-state index contributed by atoms with van der Waals surface area (Å²) in [5.74, 6) is 0.295. The molecule has 1 amide bonds. The van der Waals surface area contributed by atoms with Gasteiger partial charge in [0.25, 0.3) is 0 Å². The zero-order chi connectivity index (χ0) is 20.5. The number of ether oxygens (including phenoxy) is 1. The third kappa shape index (κ3) is 4.42. The number of rotatable bonds is 4. The van der Waals surface area contributed by atoms with E-state index in [4.69, 9.17) is 32.4 Å². The molecule has 11 heteroatoms. The van der Waals surface area contributed by atoms with Crippen LogP contribution in [-0.2, 0) is 12.7 Å². The summed E-state index contributed by atoms with van der Waals surface area (Å²) in [5, 5.41) is 5.89. The maximum Gasteiger partial charge on any atom is 0.416 e. The van der Waals surface area contributed by atoms with E-state index >= 15 is 0 Å². The van der Waals surface area contributed by atoms with Gasteiger partial charge in [-0.05, 0) is 31.2 Å². The van der Waals surface area contributed by atoms with Gasteiger partial charge in [-0.2, -0.15) is 17.9 Å². The average Bonchev–Trinajstić information content (AvgIpc) is 3.24. The standard InChI is InChI=1S/C17H12Cl2F3N3O3/c1-9-5-14(24-25(9)16(26)23-8-11-3-2-4-27-11)28-15-12(18)6-10(7-13(15)19)17(20,21)22/h2-7H,8H2,1H3,(H,23,26). The third-order valence-corrected chi connectivity index (χ3v) is 4.15. The molecule has 0 aliphatic carbocycles. The highest BCUT2D eigenvalue weighted by molar-refractivity contribution is 6.37. The SMILES string of the molecule is Cc1cc(Oc2c(Cl)cc(C(F)(F)F)cc2Cl)nn1C(=O)NCc1ccco1. The third-order valence-electron chi connectivity index (χ3n) is 3.58. The number of aromatic nitrogens is 2. The second-order valence-corrected chi connectivity index (χ2v) is 6.46. The summed E-state index contributed by atoms with van der Waals surface area (Å²) in [7, 11) is 0. The smallest absolute Gasteiger partial charge is 0.416 e. The summed E-state index contributed by atoms with van der Waals surface area (Å²) < 4.78 is 50.0. The van der Waals surface area contributed by atoms with Crippen LogP contribution in [-0.4, -0.2) is 15.8 Å². The number of hydrogen-bond acceptors (Lipinski definition) is 4. The molecule has 28 heavy (non-hydrogen) atoms. The topological polar surface area (TPSA) is 69.3 Å². The molecule has 2 aromatic heterocycles. The van der Waals surface area contributed by atoms with Crippen LogP contribution >= 0.6 is 23.2 Å². The quantitative estimate of drug-likeness (QED) is 0.576. The molecule has 148 valence electrons. The molecule has 0 unspecified atom stereocenters. The number of nitrogens with one attached hydrogen (secondary N) is 1. The largest absolute Gasteiger partial charge is 0.467 e. The van der Waals surface area contributed by atoms with E-state index in [0.717, 1.165) is 4.68 Å². The molecule has 2 heterocycles. The molecular formula is C17H12Cl2F3N3O3. The molecule has 3 aromatic rings. The highest BCUT2D eigenvalue weighted by Crippen LogP contribution is 2.41. The highest BCUT2D eigenvalue weighted by Gasteiger charge is 2.32. The van der Waals surface area contributed by atoms with Crippen LogP contribution in [0.4, 0.5) is 18.0 Å². The Morgan fingerprint density at radius 1 is 1.29 bits per heavy atom. The van der Waals surface area contributed by atoms with Crippen molar-refractivity contribution in [2.24, 2.45) is 0 Å². The fourth-order valence-electron chi connectivity index (χ4n) is 2.28. The van der Waals surface area contributed by atoms with Gasteiger partial charge in [0.15, 0.2) is 5.75 Å². The van der Waals surface area contributed by atoms with Gasteiger partial charge in [0.2, 0.25) is 5.88 Å². The molecule has 0 aliphatic heterocycles. The lowest BCUT2D eigenvalue weighted by molar-refractivity contribution is -0.137. The number of amides is 1. The minimum absolute atomic E-state index is 0.0609. The van der Waals surface area contributed by atoms with Crippen LogP contribution in [0, 0.1) is 6.92 Å². The van der Waals surface area contributed by atoms with Gasteiger partial charge in [-0.15, -0.1) is 5.10 Å². The highest BCUT2D eigenvalue weighted by atomic mass is 35.5. The monoisotopic (exact) mass is 433 g/mol. The fourth-order valence-corrected chi connectivity index (χ4v) is 2.84. The normalized spacial score (nSPS) is 11.5. The van der Waals surface area contributed by atoms with Crippen molar-refractivity contribution in [3.05, 3.63) is 63.7 Å². The molecule has 3 rings (SSSR count). The number of furan rings is 1. The predicted molar refractivity (Wildman–Crippen MR) is 94.8 cm³/mol. The van der Waals surface area contributed by atoms with Gasteiger partial charge in [0, 0.05) is 6.07 Å². The van der Waals surface area contributed by atoms with Crippen molar-refractivity contribution < 1.29 is 27.1 Å². The predicted octanol–water partition coefficient (Wildman–Crippen LogP) is 5.66. The van der Waals surface area contributed by atoms with Gasteiger partial charge in [-0.1, -0.05) is 23.2 Å². The van der Waals surface area contributed by atoms with Crippen LogP contribution in [0.1, 0.15) is 17.0 Å². The molecule has 1 aromatic carbocycles. The van der Waals surface area contributed by atoms with Crippen molar-refractivity contribution in [1.29, 1.82) is 0 Å². The van der Waals surface area contributed by atoms with Gasteiger partial charge in [0.1, 0.15) is 5.76 Å². The summed E-state index contributed by atoms with van der Waals surface area (Å²) in [4.78, 5) is 12.2. The Morgan fingerprint density at radius 3 is 2.54 bits per heavy atom. The summed E-state index contributed by atoms with van der Waals surface area (Å²) in [5.41, 5.74) is -0.583. The second-order valence-electron chi connectivity index (χ2n) is 5.64. The van der Waals surface area contributed by atoms with Crippen LogP contribution in [0.5, 0.6) is 11.6 Å². The Hall–Kier alpha value is -2.65. The first-order valence-electron chi connectivity index (χ1n) is 7.76. The van der Waals surface area contributed by atoms with Gasteiger partial charge in [-0.3, -0.25) is 0 Å². The number of nitrogens with zero attached hydrogens (tertiary/aromatic N) is 2. The van der Waals surface area contributed by atoms with Gasteiger partial charge < -0.3 is 14.5 Å². The minimum Gasteiger partial charge on any atom is -0.467 e. The molecule has 0 saturated carbocycles. The summed E-state index contributed by atoms with van der Waals surface area (Å²) in [6, 6.07) is 5.64. The Morgan fingerprint density at radius 2 is 1.96 bits per heavy atom. The van der Waals surface area contributed by atoms with Crippen LogP contribution in [0.15, 0.2) is 41.0 Å². The molecule has 1 N–H and O–H groups in total. The van der Waals surface area contributed by atoms with Crippen molar-refractivity contribution in [3.63, 3.8) is 0 Å². The number of hydrogen-bond donors (Lipinski definition) is 1. The average molecular weight is 434 g/mol. The van der Waals surface area contributed by atoms with Crippen LogP contribution < -0.4 is 10.1 Å². The minimum atomic E-state index is -4.60. The first-order chi connectivity index (χ1) is 13.1. The van der Waals surface area contributed by atoms with E-state index in [1.807, 2.05) is 0 Å². The molecule has 0 spiro atoms. The van der Waals surface area contributed by atoms with E-state index in [2.05, 4.69) is 10.4 Å². The van der Waals surface area contributed by atoms with E-state index in [1.54, 1.807) is 19.1 Å². The van der Waals surface area contributed by atoms with Crippen molar-refractivity contribution in [2.45, 2.75) is 19.6 Å². The lowest BCUT2D eigenvalue weighted by Crippen LogP contribution is -2.29. The second kappa shape index (κ2) is 7.76. The summed E-state index contributed by atoms with van der Waals surface area (Å²) in [6.07, 6.45) is -3.12. The van der Waals surface area contributed by atoms with Crippen LogP contribution in [0.25, 0.3) is 0 Å². The lowest BCUT2D eigenvalue weighted by atomic mass is 10.2. The molecule has 0 saturated heterocycles. The van der Waals surface area contributed by atoms with Crippen molar-refractivity contribution in [1.82, 2.24) is 15.1 Å². The van der Waals surface area contributed by atoms with E-state index < -0.39 is 17.8 Å². The van der Waals surface area contributed by atoms with Gasteiger partial charge in [-0.25, -0.2) is 4.79 Å². The number of alkyl halides is 3. The zero-order valence-corrected chi connectivity index (χ0v) is 15.7. The lowest BCUT2D eigenvalue weighted by Gasteiger charge is -2.11. The number of carbonyl (C=O) groups is 1. The van der Waals surface area contributed by atoms with Crippen LogP contribution in [0.3, 0.4) is 0 Å². The number of aryl methyl sites for hydroxylation is 1. The summed E-state index contributed by atoms with van der Waals surface area (Å²) in [6.45, 7) is 1.75. The van der Waals surface area contributed by atoms with Gasteiger partial charge >= 0.3 is 12.2 Å². The van der Waals surface area contributed by atoms with Crippen LogP contribution in [0.2, 0.25) is 10.0 Å². The molecule has 0 bridgehead atoms. The van der Waals surface area contributed by atoms with Gasteiger partial charge in [0.05, 0.1) is 34.1 Å². The molecule has 0 fully saturated rings. The molecule has 0 radical (unpaired) electrons. The fraction of sp³-hybridized carbons (Fsp3) is 0.176. The number of halogens is 5. The molecular weight excluding hydrogens is 422 g/mol. The van der Waals surface area contributed by atoms with E-state index in [1.165, 1.54) is 12.3 Å². The van der Waals surface area contributed by atoms with Crippen molar-refractivity contribution in [2.75, 3.05) is 0 Å². The maximum absolute atomic E-state index is 12.8. The zero-order valence-electron chi connectivity index (χ0n) is 14.2. The first kappa shape index (κ1) is 20.1. The maximum atomic E-state index is 12.8. The Bertz CT molecular complexity index is 978. The summed E-state index contributed by atoms with van der Waals surface area (Å²) >= 11 is 11.7. The molecule has 0 aliphatic rings. The van der Waals surface area contributed by atoms with E-state index in [-0.39, 0.29) is 28.2 Å². The molecule has 6 nitrogen and oxygen atoms in total. The Labute approximate surface area is 166 Å². The van der Waals surface area contributed by atoms with Crippen molar-refractivity contribution >= 4 is 29.2 Å².